The summed E-state index contributed by atoms with van der Waals surface area (Å²) in [5.41, 5.74) is 7.37. The molecule has 2 heterocycles. The summed E-state index contributed by atoms with van der Waals surface area (Å²) < 4.78 is 14.6. The Morgan fingerprint density at radius 1 is 1.22 bits per heavy atom. The second kappa shape index (κ2) is 13.9. The summed E-state index contributed by atoms with van der Waals surface area (Å²) in [6.07, 6.45) is 3.42. The number of nitrogens with two attached hydrogens (primary N) is 1. The summed E-state index contributed by atoms with van der Waals surface area (Å²) in [4.78, 5) is 35.9. The third-order valence-corrected chi connectivity index (χ3v) is 6.52. The maximum atomic E-state index is 12.6. The number of aromatic amines is 1. The summed E-state index contributed by atoms with van der Waals surface area (Å²) in [6, 6.07) is 7.72. The molecule has 0 amide bonds. The number of aryl methyl sites for hydroxylation is 1. The molecule has 0 spiro atoms. The van der Waals surface area contributed by atoms with Crippen molar-refractivity contribution < 1.29 is 19.4 Å². The van der Waals surface area contributed by atoms with Gasteiger partial charge in [-0.2, -0.15) is 9.97 Å². The number of nitrogen functional groups attached to an aromatic ring is 1. The first-order valence-corrected chi connectivity index (χ1v) is 12.8. The third-order valence-electron chi connectivity index (χ3n) is 5.43. The van der Waals surface area contributed by atoms with Crippen LogP contribution in [0.2, 0.25) is 0 Å². The average molecular weight is 519 g/mol. The summed E-state index contributed by atoms with van der Waals surface area (Å²) in [5, 5.41) is 9.06. The zero-order valence-corrected chi connectivity index (χ0v) is 21.6. The first-order valence-electron chi connectivity index (χ1n) is 12.0. The molecule has 1 aromatic carbocycles. The van der Waals surface area contributed by atoms with Gasteiger partial charge in [-0.05, 0) is 48.9 Å². The van der Waals surface area contributed by atoms with Crippen molar-refractivity contribution >= 4 is 34.9 Å². The normalized spacial score (nSPS) is 11.4. The molecule has 0 saturated carbocycles. The number of imidazole rings is 1. The van der Waals surface area contributed by atoms with Crippen LogP contribution in [0.5, 0.6) is 6.01 Å². The molecule has 3 aromatic rings. The van der Waals surface area contributed by atoms with E-state index < -0.39 is 5.97 Å². The fourth-order valence-electron chi connectivity index (χ4n) is 3.60. The van der Waals surface area contributed by atoms with Crippen molar-refractivity contribution in [1.29, 1.82) is 0 Å². The van der Waals surface area contributed by atoms with Crippen LogP contribution in [0.15, 0.2) is 34.0 Å². The molecule has 0 atom stereocenters. The summed E-state index contributed by atoms with van der Waals surface area (Å²) in [6.45, 7) is 5.07. The number of H-pyrrole nitrogens is 1. The third kappa shape index (κ3) is 7.97. The van der Waals surface area contributed by atoms with Crippen molar-refractivity contribution in [3.8, 4) is 6.01 Å². The smallest absolute Gasteiger partial charge is 0.327 e. The Morgan fingerprint density at radius 2 is 2.06 bits per heavy atom. The first-order chi connectivity index (χ1) is 17.4. The highest BCUT2D eigenvalue weighted by Gasteiger charge is 2.15. The van der Waals surface area contributed by atoms with Gasteiger partial charge in [0.1, 0.15) is 5.52 Å². The zero-order chi connectivity index (χ0) is 25.9. The number of nitrogens with zero attached hydrogens (tertiary/aromatic N) is 4. The second-order valence-corrected chi connectivity index (χ2v) is 9.48. The lowest BCUT2D eigenvalue weighted by Crippen LogP contribution is -2.23. The van der Waals surface area contributed by atoms with Crippen LogP contribution in [0.4, 0.5) is 5.82 Å². The van der Waals surface area contributed by atoms with Crippen LogP contribution < -0.4 is 16.2 Å². The van der Waals surface area contributed by atoms with Crippen molar-refractivity contribution in [2.45, 2.75) is 50.5 Å². The number of aromatic nitrogens is 4. The average Bonchev–Trinajstić information content (AvgIpc) is 3.15. The van der Waals surface area contributed by atoms with E-state index >= 15 is 0 Å². The summed E-state index contributed by atoms with van der Waals surface area (Å²) >= 11 is 1.57. The fraction of sp³-hybridized carbons (Fsp3) is 0.500. The number of hydrogen-bond donors (Lipinski definition) is 3. The Labute approximate surface area is 214 Å². The van der Waals surface area contributed by atoms with Gasteiger partial charge in [-0.1, -0.05) is 25.5 Å². The van der Waals surface area contributed by atoms with E-state index in [1.807, 2.05) is 24.3 Å². The summed E-state index contributed by atoms with van der Waals surface area (Å²) in [7, 11) is 1.66. The Hall–Kier alpha value is -3.09. The van der Waals surface area contributed by atoms with Crippen molar-refractivity contribution in [3.05, 3.63) is 40.3 Å². The lowest BCUT2D eigenvalue weighted by Gasteiger charge is -2.21. The number of methoxy groups -OCH3 is 1. The Kier molecular flexibility index (Phi) is 10.6. The molecule has 3 rings (SSSR count). The van der Waals surface area contributed by atoms with Gasteiger partial charge >= 0.3 is 17.7 Å². The van der Waals surface area contributed by atoms with Crippen molar-refractivity contribution in [1.82, 2.24) is 23.8 Å². The van der Waals surface area contributed by atoms with E-state index in [0.717, 1.165) is 42.7 Å². The van der Waals surface area contributed by atoms with E-state index in [1.54, 1.807) is 23.6 Å². The van der Waals surface area contributed by atoms with Gasteiger partial charge in [0, 0.05) is 31.6 Å². The number of carboxylic acids is 1. The van der Waals surface area contributed by atoms with Gasteiger partial charge in [0.05, 0.1) is 19.6 Å². The fourth-order valence-corrected chi connectivity index (χ4v) is 4.63. The Morgan fingerprint density at radius 3 is 2.81 bits per heavy atom. The molecule has 36 heavy (non-hydrogen) atoms. The molecule has 12 heteroatoms. The maximum absolute atomic E-state index is 12.6. The van der Waals surface area contributed by atoms with Crippen LogP contribution in [0, 0.1) is 0 Å². The predicted octanol–water partition coefficient (Wildman–Crippen LogP) is 2.94. The van der Waals surface area contributed by atoms with Gasteiger partial charge < -0.3 is 25.3 Å². The number of ether oxygens (including phenoxy) is 2. The lowest BCUT2D eigenvalue weighted by atomic mass is 10.2. The number of carboxylic acid groups (broad SMARTS) is 1. The highest BCUT2D eigenvalue weighted by atomic mass is 32.2. The number of hydrogen-bond acceptors (Lipinski definition) is 9. The monoisotopic (exact) mass is 518 g/mol. The van der Waals surface area contributed by atoms with E-state index in [9.17, 15) is 9.59 Å². The first kappa shape index (κ1) is 27.5. The predicted molar refractivity (Wildman–Crippen MR) is 139 cm³/mol. The van der Waals surface area contributed by atoms with Gasteiger partial charge in [-0.15, -0.1) is 0 Å². The molecule has 4 N–H and O–H groups in total. The number of aliphatic carboxylic acids is 1. The Bertz CT molecular complexity index is 1200. The largest absolute Gasteiger partial charge is 0.481 e. The van der Waals surface area contributed by atoms with Crippen LogP contribution in [-0.2, 0) is 22.5 Å². The zero-order valence-electron chi connectivity index (χ0n) is 20.7. The molecule has 0 fully saturated rings. The highest BCUT2D eigenvalue weighted by molar-refractivity contribution is 7.97. The number of unbranched alkanes of at least 4 members (excludes halogenated alkanes) is 2. The van der Waals surface area contributed by atoms with E-state index in [2.05, 4.69) is 26.2 Å². The SMILES string of the molecule is CCCCOc1nc(N)c2[nH]c(=O)n(CCCCN(CCOC)Sc3cccc(CC(=O)O)c3)c2n1. The number of rotatable bonds is 16. The second-order valence-electron chi connectivity index (χ2n) is 8.31. The van der Waals surface area contributed by atoms with Crippen LogP contribution in [0.3, 0.4) is 0 Å². The van der Waals surface area contributed by atoms with Crippen molar-refractivity contribution in [3.63, 3.8) is 0 Å². The highest BCUT2D eigenvalue weighted by Crippen LogP contribution is 2.24. The molecule has 196 valence electrons. The van der Waals surface area contributed by atoms with Crippen LogP contribution in [-0.4, -0.2) is 68.3 Å². The maximum Gasteiger partial charge on any atom is 0.327 e. The number of benzene rings is 1. The Balaban J connectivity index is 1.62. The molecule has 0 aliphatic carbocycles. The van der Waals surface area contributed by atoms with Crippen molar-refractivity contribution in [2.75, 3.05) is 39.1 Å². The number of anilines is 1. The molecule has 0 radical (unpaired) electrons. The molecule has 0 unspecified atom stereocenters. The van der Waals surface area contributed by atoms with Crippen LogP contribution in [0.25, 0.3) is 11.2 Å². The van der Waals surface area contributed by atoms with E-state index in [-0.39, 0.29) is 23.9 Å². The van der Waals surface area contributed by atoms with Gasteiger partial charge in [0.25, 0.3) is 0 Å². The van der Waals surface area contributed by atoms with E-state index in [1.165, 1.54) is 0 Å². The number of fused-ring (bicyclic) bond motifs is 1. The van der Waals surface area contributed by atoms with E-state index in [0.29, 0.717) is 37.5 Å². The van der Waals surface area contributed by atoms with Gasteiger partial charge in [-0.3, -0.25) is 9.36 Å². The molecule has 2 aromatic heterocycles. The lowest BCUT2D eigenvalue weighted by molar-refractivity contribution is -0.136. The molecule has 0 aliphatic rings. The topological polar surface area (TPSA) is 149 Å². The minimum atomic E-state index is -0.854. The molecule has 11 nitrogen and oxygen atoms in total. The van der Waals surface area contributed by atoms with E-state index in [4.69, 9.17) is 20.3 Å². The molecular weight excluding hydrogens is 484 g/mol. The molecule has 0 saturated heterocycles. The molecule has 0 bridgehead atoms. The molecular formula is C24H34N6O5S. The van der Waals surface area contributed by atoms with Crippen molar-refractivity contribution in [2.24, 2.45) is 0 Å². The summed E-state index contributed by atoms with van der Waals surface area (Å²) in [5.74, 6) is -0.665. The molecule has 0 aliphatic heterocycles. The van der Waals surface area contributed by atoms with Gasteiger partial charge in [0.15, 0.2) is 11.5 Å². The quantitative estimate of drug-likeness (QED) is 0.191. The minimum Gasteiger partial charge on any atom is -0.481 e. The standard InChI is InChI=1S/C24H34N6O5S/c1-3-4-13-35-23-27-21(25)20-22(28-23)30(24(33)26-20)11-6-5-10-29(12-14-34-2)36-18-9-7-8-17(15-18)16-19(31)32/h7-9,15H,3-6,10-14,16H2,1-2H3,(H,26,33)(H,31,32)(H2,25,27,28). The number of carbonyl (C=O) groups is 1. The van der Waals surface area contributed by atoms with Gasteiger partial charge in [0.2, 0.25) is 0 Å². The van der Waals surface area contributed by atoms with Crippen LogP contribution in [0.1, 0.15) is 38.2 Å². The van der Waals surface area contributed by atoms with Gasteiger partial charge in [-0.25, -0.2) is 9.10 Å². The number of nitrogens with one attached hydrogen (secondary N) is 1. The minimum absolute atomic E-state index is 0.00866. The van der Waals surface area contributed by atoms with Crippen LogP contribution >= 0.6 is 11.9 Å².